The third kappa shape index (κ3) is 3.50. The predicted molar refractivity (Wildman–Crippen MR) is 67.4 cm³/mol. The highest BCUT2D eigenvalue weighted by atomic mass is 79.9. The Morgan fingerprint density at radius 1 is 1.33 bits per heavy atom. The van der Waals surface area contributed by atoms with Crippen molar-refractivity contribution in [1.29, 1.82) is 0 Å². The van der Waals surface area contributed by atoms with Gasteiger partial charge in [0.05, 0.1) is 7.11 Å². The minimum atomic E-state index is 0.768. The van der Waals surface area contributed by atoms with Gasteiger partial charge in [0.25, 0.3) is 0 Å². The van der Waals surface area contributed by atoms with Gasteiger partial charge in [0.1, 0.15) is 5.75 Å². The predicted octanol–water partition coefficient (Wildman–Crippen LogP) is 3.05. The van der Waals surface area contributed by atoms with E-state index in [2.05, 4.69) is 28.9 Å². The monoisotopic (exact) mass is 271 g/mol. The molecule has 2 N–H and O–H groups in total. The van der Waals surface area contributed by atoms with Crippen molar-refractivity contribution in [3.63, 3.8) is 0 Å². The number of hydrogen-bond donors (Lipinski definition) is 1. The molecule has 0 aromatic heterocycles. The first-order valence-corrected chi connectivity index (χ1v) is 6.01. The molecule has 0 saturated heterocycles. The summed E-state index contributed by atoms with van der Waals surface area (Å²) in [5.74, 6) is 0.912. The first-order chi connectivity index (χ1) is 7.19. The number of rotatable bonds is 5. The fraction of sp³-hybridized carbons (Fsp3) is 0.500. The van der Waals surface area contributed by atoms with Crippen molar-refractivity contribution in [2.75, 3.05) is 13.7 Å². The van der Waals surface area contributed by atoms with Crippen molar-refractivity contribution in [3.05, 3.63) is 27.7 Å². The molecule has 0 aliphatic rings. The van der Waals surface area contributed by atoms with Crippen LogP contribution in [0.3, 0.4) is 0 Å². The van der Waals surface area contributed by atoms with E-state index in [1.165, 1.54) is 11.1 Å². The van der Waals surface area contributed by atoms with Crippen LogP contribution in [-0.4, -0.2) is 13.7 Å². The molecule has 0 saturated carbocycles. The number of nitrogens with two attached hydrogens (primary N) is 1. The zero-order valence-corrected chi connectivity index (χ0v) is 10.9. The molecule has 0 bridgehead atoms. The summed E-state index contributed by atoms with van der Waals surface area (Å²) in [6.45, 7) is 2.89. The molecule has 0 spiro atoms. The summed E-state index contributed by atoms with van der Waals surface area (Å²) in [4.78, 5) is 0. The van der Waals surface area contributed by atoms with E-state index in [4.69, 9.17) is 10.5 Å². The molecule has 0 aliphatic carbocycles. The molecule has 0 unspecified atom stereocenters. The molecule has 1 rings (SSSR count). The third-order valence-corrected chi connectivity index (χ3v) is 3.38. The zero-order valence-electron chi connectivity index (χ0n) is 9.35. The van der Waals surface area contributed by atoms with Crippen LogP contribution in [0.2, 0.25) is 0 Å². The molecule has 84 valence electrons. The van der Waals surface area contributed by atoms with Crippen LogP contribution in [0.15, 0.2) is 16.6 Å². The van der Waals surface area contributed by atoms with Crippen molar-refractivity contribution >= 4 is 15.9 Å². The fourth-order valence-electron chi connectivity index (χ4n) is 1.55. The molecule has 2 nitrogen and oxygen atoms in total. The second-order valence-corrected chi connectivity index (χ2v) is 4.49. The zero-order chi connectivity index (χ0) is 11.3. The number of hydrogen-bond acceptors (Lipinski definition) is 2. The van der Waals surface area contributed by atoms with Gasteiger partial charge in [-0.2, -0.15) is 0 Å². The number of methoxy groups -OCH3 is 1. The Kier molecular flexibility index (Phi) is 5.12. The number of unbranched alkanes of at least 4 members (excludes halogenated alkanes) is 1. The van der Waals surface area contributed by atoms with Crippen LogP contribution in [-0.2, 0) is 6.42 Å². The Morgan fingerprint density at radius 3 is 2.67 bits per heavy atom. The van der Waals surface area contributed by atoms with Gasteiger partial charge in [0, 0.05) is 4.47 Å². The Hall–Kier alpha value is -0.540. The van der Waals surface area contributed by atoms with Crippen LogP contribution < -0.4 is 10.5 Å². The molecule has 0 atom stereocenters. The van der Waals surface area contributed by atoms with Crippen LogP contribution in [0.1, 0.15) is 24.0 Å². The van der Waals surface area contributed by atoms with Gasteiger partial charge in [-0.05, 0) is 56.0 Å². The van der Waals surface area contributed by atoms with Gasteiger partial charge in [0.15, 0.2) is 0 Å². The van der Waals surface area contributed by atoms with Crippen LogP contribution in [0.25, 0.3) is 0 Å². The van der Waals surface area contributed by atoms with E-state index in [9.17, 15) is 0 Å². The second-order valence-electron chi connectivity index (χ2n) is 3.64. The largest absolute Gasteiger partial charge is 0.497 e. The summed E-state index contributed by atoms with van der Waals surface area (Å²) < 4.78 is 6.36. The first-order valence-electron chi connectivity index (χ1n) is 5.22. The fourth-order valence-corrected chi connectivity index (χ4v) is 2.03. The smallest absolute Gasteiger partial charge is 0.120 e. The standard InChI is InChI=1S/C12H18BrNO/c1-9-10(5-3-4-6-14)7-11(15-2)8-12(9)13/h7-8H,3-6,14H2,1-2H3. The van der Waals surface area contributed by atoms with E-state index in [1.807, 2.05) is 6.07 Å². The van der Waals surface area contributed by atoms with Gasteiger partial charge < -0.3 is 10.5 Å². The minimum absolute atomic E-state index is 0.768. The normalized spacial score (nSPS) is 10.4. The van der Waals surface area contributed by atoms with Crippen LogP contribution in [0.5, 0.6) is 5.75 Å². The van der Waals surface area contributed by atoms with Gasteiger partial charge in [-0.15, -0.1) is 0 Å². The lowest BCUT2D eigenvalue weighted by molar-refractivity contribution is 0.413. The summed E-state index contributed by atoms with van der Waals surface area (Å²) in [6.07, 6.45) is 3.28. The average molecular weight is 272 g/mol. The molecule has 0 fully saturated rings. The molecule has 0 radical (unpaired) electrons. The van der Waals surface area contributed by atoms with Crippen molar-refractivity contribution < 1.29 is 4.74 Å². The van der Waals surface area contributed by atoms with Gasteiger partial charge in [-0.25, -0.2) is 0 Å². The summed E-state index contributed by atoms with van der Waals surface area (Å²) in [7, 11) is 1.70. The van der Waals surface area contributed by atoms with E-state index in [-0.39, 0.29) is 0 Å². The van der Waals surface area contributed by atoms with Crippen LogP contribution in [0.4, 0.5) is 0 Å². The highest BCUT2D eigenvalue weighted by molar-refractivity contribution is 9.10. The third-order valence-electron chi connectivity index (χ3n) is 2.56. The van der Waals surface area contributed by atoms with Crippen LogP contribution >= 0.6 is 15.9 Å². The number of aryl methyl sites for hydroxylation is 1. The topological polar surface area (TPSA) is 35.2 Å². The van der Waals surface area contributed by atoms with E-state index < -0.39 is 0 Å². The van der Waals surface area contributed by atoms with Crippen molar-refractivity contribution in [1.82, 2.24) is 0 Å². The Morgan fingerprint density at radius 2 is 2.07 bits per heavy atom. The van der Waals surface area contributed by atoms with Crippen LogP contribution in [0, 0.1) is 6.92 Å². The van der Waals surface area contributed by atoms with Crippen molar-refractivity contribution in [2.24, 2.45) is 5.73 Å². The highest BCUT2D eigenvalue weighted by Gasteiger charge is 2.05. The molecule has 1 aromatic rings. The van der Waals surface area contributed by atoms with Crippen molar-refractivity contribution in [2.45, 2.75) is 26.2 Å². The minimum Gasteiger partial charge on any atom is -0.497 e. The first kappa shape index (κ1) is 12.5. The van der Waals surface area contributed by atoms with E-state index in [0.717, 1.165) is 36.0 Å². The number of ether oxygens (including phenoxy) is 1. The molecule has 3 heteroatoms. The SMILES string of the molecule is COc1cc(Br)c(C)c(CCCCN)c1. The summed E-state index contributed by atoms with van der Waals surface area (Å²) in [5.41, 5.74) is 8.12. The summed E-state index contributed by atoms with van der Waals surface area (Å²) in [5, 5.41) is 0. The van der Waals surface area contributed by atoms with Gasteiger partial charge in [-0.3, -0.25) is 0 Å². The quantitative estimate of drug-likeness (QED) is 0.836. The highest BCUT2D eigenvalue weighted by Crippen LogP contribution is 2.27. The lowest BCUT2D eigenvalue weighted by atomic mass is 10.0. The Balaban J connectivity index is 2.80. The van der Waals surface area contributed by atoms with Gasteiger partial charge >= 0.3 is 0 Å². The van der Waals surface area contributed by atoms with Gasteiger partial charge in [0.2, 0.25) is 0 Å². The summed E-state index contributed by atoms with van der Waals surface area (Å²) in [6, 6.07) is 4.11. The molecule has 0 aliphatic heterocycles. The van der Waals surface area contributed by atoms with E-state index in [1.54, 1.807) is 7.11 Å². The molecule has 1 aromatic carbocycles. The van der Waals surface area contributed by atoms with E-state index >= 15 is 0 Å². The molecular weight excluding hydrogens is 254 g/mol. The molecule has 0 amide bonds. The lowest BCUT2D eigenvalue weighted by Gasteiger charge is -2.10. The molecule has 15 heavy (non-hydrogen) atoms. The van der Waals surface area contributed by atoms with E-state index in [0.29, 0.717) is 0 Å². The maximum absolute atomic E-state index is 5.48. The molecular formula is C12H18BrNO. The van der Waals surface area contributed by atoms with Gasteiger partial charge in [-0.1, -0.05) is 15.9 Å². The maximum Gasteiger partial charge on any atom is 0.120 e. The Bertz CT molecular complexity index is 326. The van der Waals surface area contributed by atoms with Crippen molar-refractivity contribution in [3.8, 4) is 5.75 Å². The number of halogens is 1. The molecule has 0 heterocycles. The Labute approximate surface area is 99.9 Å². The maximum atomic E-state index is 5.48. The summed E-state index contributed by atoms with van der Waals surface area (Å²) >= 11 is 3.54. The second kappa shape index (κ2) is 6.13. The number of benzene rings is 1. The average Bonchev–Trinajstić information content (AvgIpc) is 2.24. The lowest BCUT2D eigenvalue weighted by Crippen LogP contribution is -2.00.